The van der Waals surface area contributed by atoms with E-state index in [9.17, 15) is 14.9 Å². The van der Waals surface area contributed by atoms with Gasteiger partial charge in [-0.25, -0.2) is 4.98 Å². The number of amides is 1. The molecule has 3 rings (SSSR count). The van der Waals surface area contributed by atoms with Crippen molar-refractivity contribution in [3.8, 4) is 9.88 Å². The van der Waals surface area contributed by atoms with Crippen molar-refractivity contribution in [3.05, 3.63) is 63.0 Å². The summed E-state index contributed by atoms with van der Waals surface area (Å²) in [6, 6.07) is 9.53. The number of carbonyl (C=O) groups excluding carboxylic acids is 1. The van der Waals surface area contributed by atoms with Gasteiger partial charge in [0.2, 0.25) is 0 Å². The van der Waals surface area contributed by atoms with Gasteiger partial charge in [0.15, 0.2) is 0 Å². The van der Waals surface area contributed by atoms with Gasteiger partial charge in [-0.2, -0.15) is 0 Å². The highest BCUT2D eigenvalue weighted by molar-refractivity contribution is 7.20. The third-order valence-corrected chi connectivity index (χ3v) is 4.69. The molecule has 0 saturated carbocycles. The summed E-state index contributed by atoms with van der Waals surface area (Å²) in [7, 11) is 0. The molecule has 0 spiro atoms. The minimum absolute atomic E-state index is 0.0216. The number of hydrogen-bond donors (Lipinski definition) is 1. The fraction of sp³-hybridized carbons (Fsp3) is 0. The maximum atomic E-state index is 12.1. The third-order valence-electron chi connectivity index (χ3n) is 2.80. The van der Waals surface area contributed by atoms with E-state index in [1.807, 2.05) is 17.5 Å². The molecule has 0 radical (unpaired) electrons. The van der Waals surface area contributed by atoms with Gasteiger partial charge in [-0.1, -0.05) is 6.07 Å². The zero-order valence-corrected chi connectivity index (χ0v) is 12.7. The van der Waals surface area contributed by atoms with E-state index in [1.165, 1.54) is 35.6 Å². The molecule has 3 aromatic rings. The van der Waals surface area contributed by atoms with E-state index in [2.05, 4.69) is 10.3 Å². The number of anilines is 1. The van der Waals surface area contributed by atoms with Crippen molar-refractivity contribution in [2.24, 2.45) is 0 Å². The monoisotopic (exact) mass is 331 g/mol. The highest BCUT2D eigenvalue weighted by Crippen LogP contribution is 2.28. The summed E-state index contributed by atoms with van der Waals surface area (Å²) in [4.78, 5) is 27.5. The van der Waals surface area contributed by atoms with Crippen LogP contribution in [0.15, 0.2) is 47.2 Å². The van der Waals surface area contributed by atoms with Crippen LogP contribution >= 0.6 is 22.7 Å². The summed E-state index contributed by atoms with van der Waals surface area (Å²) in [6.07, 6.45) is 0. The number of rotatable bonds is 4. The summed E-state index contributed by atoms with van der Waals surface area (Å²) in [5, 5.41) is 17.7. The lowest BCUT2D eigenvalue weighted by Crippen LogP contribution is -2.12. The fourth-order valence-electron chi connectivity index (χ4n) is 1.75. The zero-order chi connectivity index (χ0) is 15.5. The van der Waals surface area contributed by atoms with Gasteiger partial charge in [-0.15, -0.1) is 22.7 Å². The molecule has 2 aromatic heterocycles. The van der Waals surface area contributed by atoms with E-state index in [4.69, 9.17) is 0 Å². The van der Waals surface area contributed by atoms with E-state index in [1.54, 1.807) is 16.7 Å². The first-order valence-corrected chi connectivity index (χ1v) is 7.94. The van der Waals surface area contributed by atoms with Crippen molar-refractivity contribution in [2.75, 3.05) is 5.32 Å². The van der Waals surface area contributed by atoms with Crippen LogP contribution in [-0.2, 0) is 0 Å². The molecule has 22 heavy (non-hydrogen) atoms. The van der Waals surface area contributed by atoms with Crippen molar-refractivity contribution in [1.29, 1.82) is 0 Å². The first-order valence-electron chi connectivity index (χ1n) is 6.19. The number of non-ortho nitro benzene ring substituents is 1. The van der Waals surface area contributed by atoms with Gasteiger partial charge in [0.1, 0.15) is 10.7 Å². The molecule has 0 aliphatic rings. The molecule has 0 bridgehead atoms. The van der Waals surface area contributed by atoms with Crippen LogP contribution in [-0.4, -0.2) is 15.8 Å². The average Bonchev–Trinajstić information content (AvgIpc) is 3.19. The molecule has 110 valence electrons. The molecule has 1 amide bonds. The molecule has 0 saturated heterocycles. The van der Waals surface area contributed by atoms with Crippen LogP contribution in [0.5, 0.6) is 0 Å². The molecule has 2 heterocycles. The second kappa shape index (κ2) is 6.04. The predicted octanol–water partition coefficient (Wildman–Crippen LogP) is 4.03. The molecule has 0 atom stereocenters. The molecule has 1 aromatic carbocycles. The van der Waals surface area contributed by atoms with Gasteiger partial charge in [-0.05, 0) is 23.6 Å². The fourth-order valence-corrected chi connectivity index (χ4v) is 3.37. The Kier molecular flexibility index (Phi) is 3.94. The number of benzene rings is 1. The Balaban J connectivity index is 1.73. The van der Waals surface area contributed by atoms with E-state index in [0.717, 1.165) is 9.88 Å². The lowest BCUT2D eigenvalue weighted by atomic mass is 10.3. The van der Waals surface area contributed by atoms with Crippen molar-refractivity contribution in [1.82, 2.24) is 4.98 Å². The maximum Gasteiger partial charge on any atom is 0.275 e. The zero-order valence-electron chi connectivity index (χ0n) is 11.1. The number of hydrogen-bond acceptors (Lipinski definition) is 6. The van der Waals surface area contributed by atoms with Crippen LogP contribution in [0.4, 0.5) is 11.4 Å². The molecular formula is C14H9N3O3S2. The normalized spacial score (nSPS) is 10.4. The highest BCUT2D eigenvalue weighted by atomic mass is 32.1. The highest BCUT2D eigenvalue weighted by Gasteiger charge is 2.13. The number of nitrogens with one attached hydrogen (secondary N) is 1. The van der Waals surface area contributed by atoms with Gasteiger partial charge < -0.3 is 5.32 Å². The van der Waals surface area contributed by atoms with Gasteiger partial charge in [0.25, 0.3) is 11.6 Å². The summed E-state index contributed by atoms with van der Waals surface area (Å²) < 4.78 is 0. The number of nitro benzene ring substituents is 1. The van der Waals surface area contributed by atoms with Crippen molar-refractivity contribution in [3.63, 3.8) is 0 Å². The second-order valence-electron chi connectivity index (χ2n) is 4.27. The van der Waals surface area contributed by atoms with E-state index in [0.29, 0.717) is 11.4 Å². The topological polar surface area (TPSA) is 85.1 Å². The van der Waals surface area contributed by atoms with Crippen LogP contribution in [0.3, 0.4) is 0 Å². The Morgan fingerprint density at radius 3 is 2.59 bits per heavy atom. The van der Waals surface area contributed by atoms with Gasteiger partial charge in [0, 0.05) is 23.2 Å². The SMILES string of the molecule is O=C(Nc1ccc([N+](=O)[O-])cc1)c1csc(-c2cccs2)n1. The van der Waals surface area contributed by atoms with Crippen LogP contribution < -0.4 is 5.32 Å². The van der Waals surface area contributed by atoms with Gasteiger partial charge >= 0.3 is 0 Å². The average molecular weight is 331 g/mol. The Morgan fingerprint density at radius 1 is 1.18 bits per heavy atom. The number of thiazole rings is 1. The molecule has 1 N–H and O–H groups in total. The number of aromatic nitrogens is 1. The van der Waals surface area contributed by atoms with Gasteiger partial charge in [0.05, 0.1) is 9.80 Å². The molecule has 0 aliphatic heterocycles. The Morgan fingerprint density at radius 2 is 1.95 bits per heavy atom. The number of thiophene rings is 1. The Hall–Kier alpha value is -2.58. The lowest BCUT2D eigenvalue weighted by molar-refractivity contribution is -0.384. The molecular weight excluding hydrogens is 322 g/mol. The minimum Gasteiger partial charge on any atom is -0.321 e. The Labute approximate surface area is 133 Å². The van der Waals surface area contributed by atoms with Crippen molar-refractivity contribution in [2.45, 2.75) is 0 Å². The maximum absolute atomic E-state index is 12.1. The summed E-state index contributed by atoms with van der Waals surface area (Å²) >= 11 is 2.96. The predicted molar refractivity (Wildman–Crippen MR) is 86.5 cm³/mol. The Bertz CT molecular complexity index is 810. The quantitative estimate of drug-likeness (QED) is 0.577. The molecule has 8 heteroatoms. The van der Waals surface area contributed by atoms with Gasteiger partial charge in [-0.3, -0.25) is 14.9 Å². The first kappa shape index (κ1) is 14.4. The number of carbonyl (C=O) groups is 1. The lowest BCUT2D eigenvalue weighted by Gasteiger charge is -2.02. The van der Waals surface area contributed by atoms with Crippen LogP contribution in [0.2, 0.25) is 0 Å². The molecule has 0 fully saturated rings. The number of nitro groups is 1. The van der Waals surface area contributed by atoms with Crippen LogP contribution in [0, 0.1) is 10.1 Å². The van der Waals surface area contributed by atoms with Crippen LogP contribution in [0.25, 0.3) is 9.88 Å². The largest absolute Gasteiger partial charge is 0.321 e. The van der Waals surface area contributed by atoms with Crippen molar-refractivity contribution < 1.29 is 9.72 Å². The first-order chi connectivity index (χ1) is 10.6. The molecule has 0 aliphatic carbocycles. The van der Waals surface area contributed by atoms with Crippen LogP contribution in [0.1, 0.15) is 10.5 Å². The number of nitrogens with zero attached hydrogens (tertiary/aromatic N) is 2. The minimum atomic E-state index is -0.487. The van der Waals surface area contributed by atoms with E-state index >= 15 is 0 Å². The molecule has 0 unspecified atom stereocenters. The smallest absolute Gasteiger partial charge is 0.275 e. The third kappa shape index (κ3) is 3.02. The standard InChI is InChI=1S/C14H9N3O3S2/c18-13(15-9-3-5-10(6-4-9)17(19)20)11-8-22-14(16-11)12-2-1-7-21-12/h1-8H,(H,15,18). The molecule has 6 nitrogen and oxygen atoms in total. The van der Waals surface area contributed by atoms with E-state index < -0.39 is 4.92 Å². The van der Waals surface area contributed by atoms with Crippen molar-refractivity contribution >= 4 is 40.0 Å². The summed E-state index contributed by atoms with van der Waals surface area (Å²) in [5.74, 6) is -0.340. The second-order valence-corrected chi connectivity index (χ2v) is 6.08. The summed E-state index contributed by atoms with van der Waals surface area (Å²) in [5.41, 5.74) is 0.791. The van der Waals surface area contributed by atoms with E-state index in [-0.39, 0.29) is 11.6 Å². The summed E-state index contributed by atoms with van der Waals surface area (Å²) in [6.45, 7) is 0.